The average Bonchev–Trinajstić information content (AvgIpc) is 2.01. The lowest BCUT2D eigenvalue weighted by Gasteiger charge is -2.45. The Morgan fingerprint density at radius 3 is 2.57 bits per heavy atom. The van der Waals surface area contributed by atoms with Gasteiger partial charge in [-0.05, 0) is 12.5 Å². The number of hydrogen-bond acceptors (Lipinski definition) is 3. The van der Waals surface area contributed by atoms with Gasteiger partial charge in [-0.3, -0.25) is 4.79 Å². The molecule has 82 valence electrons. The first-order valence-electron chi connectivity index (χ1n) is 5.08. The van der Waals surface area contributed by atoms with Crippen LogP contribution in [-0.4, -0.2) is 31.2 Å². The van der Waals surface area contributed by atoms with Crippen LogP contribution in [0.5, 0.6) is 0 Å². The van der Waals surface area contributed by atoms with Gasteiger partial charge < -0.3 is 15.8 Å². The second-order valence-corrected chi connectivity index (χ2v) is 4.49. The lowest BCUT2D eigenvalue weighted by Crippen LogP contribution is -2.65. The number of primary amides is 1. The molecule has 1 rings (SSSR count). The Morgan fingerprint density at radius 1 is 1.64 bits per heavy atom. The molecule has 14 heavy (non-hydrogen) atoms. The summed E-state index contributed by atoms with van der Waals surface area (Å²) in [5.74, 6) is 0.263. The van der Waals surface area contributed by atoms with Crippen molar-refractivity contribution in [2.45, 2.75) is 38.3 Å². The van der Waals surface area contributed by atoms with Crippen LogP contribution in [-0.2, 0) is 9.53 Å². The van der Waals surface area contributed by atoms with Crippen LogP contribution in [0.4, 0.5) is 0 Å². The molecule has 1 saturated carbocycles. The van der Waals surface area contributed by atoms with Gasteiger partial charge >= 0.3 is 0 Å². The molecule has 1 aliphatic rings. The van der Waals surface area contributed by atoms with Crippen molar-refractivity contribution in [2.75, 3.05) is 13.7 Å². The van der Waals surface area contributed by atoms with Crippen molar-refractivity contribution in [2.24, 2.45) is 11.7 Å². The molecule has 1 aliphatic carbocycles. The standard InChI is InChI=1S/C10H20N2O2/c1-7(2)6-12-10(9(11)13)4-8(5-10)14-3/h7-8,12H,4-6H2,1-3H3,(H2,11,13). The van der Waals surface area contributed by atoms with Crippen LogP contribution in [0.25, 0.3) is 0 Å². The highest BCUT2D eigenvalue weighted by molar-refractivity contribution is 5.86. The van der Waals surface area contributed by atoms with Gasteiger partial charge in [0.2, 0.25) is 5.91 Å². The molecule has 3 N–H and O–H groups in total. The van der Waals surface area contributed by atoms with E-state index in [1.807, 2.05) is 0 Å². The van der Waals surface area contributed by atoms with E-state index < -0.39 is 5.54 Å². The number of rotatable bonds is 5. The van der Waals surface area contributed by atoms with Crippen molar-refractivity contribution >= 4 is 5.91 Å². The Kier molecular flexibility index (Phi) is 3.50. The minimum absolute atomic E-state index is 0.183. The molecular weight excluding hydrogens is 180 g/mol. The van der Waals surface area contributed by atoms with Crippen molar-refractivity contribution in [1.82, 2.24) is 5.32 Å². The van der Waals surface area contributed by atoms with Crippen LogP contribution in [0.15, 0.2) is 0 Å². The maximum atomic E-state index is 11.3. The Bertz CT molecular complexity index is 210. The van der Waals surface area contributed by atoms with Gasteiger partial charge in [0.15, 0.2) is 0 Å². The molecule has 0 atom stereocenters. The first kappa shape index (κ1) is 11.5. The normalized spacial score (nSPS) is 31.6. The monoisotopic (exact) mass is 200 g/mol. The van der Waals surface area contributed by atoms with Gasteiger partial charge in [0, 0.05) is 20.0 Å². The Hall–Kier alpha value is -0.610. The summed E-state index contributed by atoms with van der Waals surface area (Å²) in [5, 5.41) is 3.24. The van der Waals surface area contributed by atoms with E-state index in [4.69, 9.17) is 10.5 Å². The number of hydrogen-bond donors (Lipinski definition) is 2. The molecule has 0 aromatic carbocycles. The number of carbonyl (C=O) groups excluding carboxylic acids is 1. The quantitative estimate of drug-likeness (QED) is 0.669. The first-order chi connectivity index (χ1) is 6.50. The highest BCUT2D eigenvalue weighted by Gasteiger charge is 2.48. The lowest BCUT2D eigenvalue weighted by molar-refractivity contribution is -0.135. The van der Waals surface area contributed by atoms with Crippen LogP contribution in [0.1, 0.15) is 26.7 Å². The molecule has 4 heteroatoms. The highest BCUT2D eigenvalue weighted by Crippen LogP contribution is 2.34. The van der Waals surface area contributed by atoms with Gasteiger partial charge in [-0.15, -0.1) is 0 Å². The molecule has 0 bridgehead atoms. The van der Waals surface area contributed by atoms with E-state index >= 15 is 0 Å². The van der Waals surface area contributed by atoms with E-state index in [1.54, 1.807) is 7.11 Å². The van der Waals surface area contributed by atoms with Crippen LogP contribution in [0, 0.1) is 5.92 Å². The number of nitrogens with two attached hydrogens (primary N) is 1. The van der Waals surface area contributed by atoms with Gasteiger partial charge in [-0.2, -0.15) is 0 Å². The number of carbonyl (C=O) groups is 1. The molecule has 0 aromatic heterocycles. The molecule has 0 saturated heterocycles. The van der Waals surface area contributed by atoms with Crippen molar-refractivity contribution < 1.29 is 9.53 Å². The van der Waals surface area contributed by atoms with E-state index in [1.165, 1.54) is 0 Å². The predicted octanol–water partition coefficient (Wildman–Crippen LogP) is 0.265. The van der Waals surface area contributed by atoms with Crippen molar-refractivity contribution in [1.29, 1.82) is 0 Å². The third-order valence-electron chi connectivity index (χ3n) is 2.81. The van der Waals surface area contributed by atoms with Crippen LogP contribution in [0.2, 0.25) is 0 Å². The van der Waals surface area contributed by atoms with Crippen LogP contribution in [0.3, 0.4) is 0 Å². The minimum Gasteiger partial charge on any atom is -0.381 e. The zero-order valence-electron chi connectivity index (χ0n) is 9.17. The van der Waals surface area contributed by atoms with Gasteiger partial charge in [0.1, 0.15) is 5.54 Å². The van der Waals surface area contributed by atoms with E-state index in [0.717, 1.165) is 6.54 Å². The van der Waals surface area contributed by atoms with Crippen LogP contribution < -0.4 is 11.1 Å². The Balaban J connectivity index is 2.46. The minimum atomic E-state index is -0.509. The fourth-order valence-corrected chi connectivity index (χ4v) is 1.72. The highest BCUT2D eigenvalue weighted by atomic mass is 16.5. The van der Waals surface area contributed by atoms with Gasteiger partial charge in [0.05, 0.1) is 6.10 Å². The number of ether oxygens (including phenoxy) is 1. The van der Waals surface area contributed by atoms with E-state index in [9.17, 15) is 4.79 Å². The lowest BCUT2D eigenvalue weighted by atomic mass is 9.73. The number of methoxy groups -OCH3 is 1. The summed E-state index contributed by atoms with van der Waals surface area (Å²) >= 11 is 0. The Labute approximate surface area is 85.2 Å². The predicted molar refractivity (Wildman–Crippen MR) is 54.8 cm³/mol. The largest absolute Gasteiger partial charge is 0.381 e. The third-order valence-corrected chi connectivity index (χ3v) is 2.81. The molecular formula is C10H20N2O2. The van der Waals surface area contributed by atoms with Gasteiger partial charge in [-0.25, -0.2) is 0 Å². The summed E-state index contributed by atoms with van der Waals surface area (Å²) in [6.45, 7) is 5.03. The summed E-state index contributed by atoms with van der Waals surface area (Å²) < 4.78 is 5.15. The maximum Gasteiger partial charge on any atom is 0.237 e. The number of amides is 1. The fraction of sp³-hybridized carbons (Fsp3) is 0.900. The zero-order valence-corrected chi connectivity index (χ0v) is 9.17. The molecule has 0 aromatic rings. The second-order valence-electron chi connectivity index (χ2n) is 4.49. The second kappa shape index (κ2) is 4.28. The average molecular weight is 200 g/mol. The molecule has 0 radical (unpaired) electrons. The maximum absolute atomic E-state index is 11.3. The molecule has 0 unspecified atom stereocenters. The number of nitrogens with one attached hydrogen (secondary N) is 1. The van der Waals surface area contributed by atoms with Crippen molar-refractivity contribution in [3.8, 4) is 0 Å². The fourth-order valence-electron chi connectivity index (χ4n) is 1.72. The Morgan fingerprint density at radius 2 is 2.21 bits per heavy atom. The molecule has 0 spiro atoms. The molecule has 4 nitrogen and oxygen atoms in total. The molecule has 0 aliphatic heterocycles. The van der Waals surface area contributed by atoms with Gasteiger partial charge in [0.25, 0.3) is 0 Å². The third kappa shape index (κ3) is 2.25. The van der Waals surface area contributed by atoms with Crippen LogP contribution >= 0.6 is 0 Å². The summed E-state index contributed by atoms with van der Waals surface area (Å²) in [6.07, 6.45) is 1.58. The first-order valence-corrected chi connectivity index (χ1v) is 5.08. The summed E-state index contributed by atoms with van der Waals surface area (Å²) in [7, 11) is 1.66. The SMILES string of the molecule is COC1CC(NCC(C)C)(C(N)=O)C1. The summed E-state index contributed by atoms with van der Waals surface area (Å²) in [5.41, 5.74) is 4.87. The van der Waals surface area contributed by atoms with Crippen molar-refractivity contribution in [3.05, 3.63) is 0 Å². The topological polar surface area (TPSA) is 64.3 Å². The summed E-state index contributed by atoms with van der Waals surface area (Å²) in [4.78, 5) is 11.3. The van der Waals surface area contributed by atoms with Gasteiger partial charge in [-0.1, -0.05) is 13.8 Å². The van der Waals surface area contributed by atoms with E-state index in [-0.39, 0.29) is 12.0 Å². The van der Waals surface area contributed by atoms with E-state index in [2.05, 4.69) is 19.2 Å². The van der Waals surface area contributed by atoms with E-state index in [0.29, 0.717) is 18.8 Å². The molecule has 0 heterocycles. The van der Waals surface area contributed by atoms with Crippen molar-refractivity contribution in [3.63, 3.8) is 0 Å². The zero-order chi connectivity index (χ0) is 10.8. The molecule has 1 fully saturated rings. The smallest absolute Gasteiger partial charge is 0.237 e. The summed E-state index contributed by atoms with van der Waals surface area (Å²) in [6, 6.07) is 0. The molecule has 1 amide bonds.